The highest BCUT2D eigenvalue weighted by Gasteiger charge is 2.02. The van der Waals surface area contributed by atoms with Crippen LogP contribution >= 0.6 is 0 Å². The summed E-state index contributed by atoms with van der Waals surface area (Å²) in [5, 5.41) is 5.57. The van der Waals surface area contributed by atoms with Crippen LogP contribution in [0.2, 0.25) is 0 Å². The number of amides is 2. The smallest absolute Gasteiger partial charge is 0.319 e. The van der Waals surface area contributed by atoms with Crippen molar-refractivity contribution < 1.29 is 9.53 Å². The molecule has 0 aliphatic rings. The molecule has 0 spiro atoms. The standard InChI is InChI=1S/C14H23N3O2/c1-11(15)12-5-7-13(8-6-12)17-14(18)16-9-3-4-10-19-2/h5-8,11H,3-4,9-10,15H2,1-2H3,(H2,16,17,18). The van der Waals surface area contributed by atoms with Crippen LogP contribution < -0.4 is 16.4 Å². The second-order valence-corrected chi connectivity index (χ2v) is 4.49. The van der Waals surface area contributed by atoms with Gasteiger partial charge >= 0.3 is 6.03 Å². The summed E-state index contributed by atoms with van der Waals surface area (Å²) >= 11 is 0. The van der Waals surface area contributed by atoms with Crippen molar-refractivity contribution in [2.24, 2.45) is 5.73 Å². The van der Waals surface area contributed by atoms with Crippen molar-refractivity contribution in [1.82, 2.24) is 5.32 Å². The van der Waals surface area contributed by atoms with Gasteiger partial charge < -0.3 is 21.1 Å². The molecule has 0 aliphatic carbocycles. The topological polar surface area (TPSA) is 76.4 Å². The summed E-state index contributed by atoms with van der Waals surface area (Å²) < 4.78 is 4.94. The van der Waals surface area contributed by atoms with Crippen molar-refractivity contribution >= 4 is 11.7 Å². The highest BCUT2D eigenvalue weighted by molar-refractivity contribution is 5.89. The van der Waals surface area contributed by atoms with Gasteiger partial charge in [-0.05, 0) is 37.5 Å². The van der Waals surface area contributed by atoms with E-state index in [0.29, 0.717) is 6.54 Å². The molecule has 0 saturated heterocycles. The van der Waals surface area contributed by atoms with E-state index in [0.717, 1.165) is 30.7 Å². The molecule has 0 bridgehead atoms. The molecular weight excluding hydrogens is 242 g/mol. The minimum Gasteiger partial charge on any atom is -0.385 e. The molecule has 0 fully saturated rings. The average molecular weight is 265 g/mol. The number of unbranched alkanes of at least 4 members (excludes halogenated alkanes) is 1. The Kier molecular flexibility index (Phi) is 6.92. The number of urea groups is 1. The van der Waals surface area contributed by atoms with Crippen LogP contribution in [0.5, 0.6) is 0 Å². The molecule has 5 nitrogen and oxygen atoms in total. The number of nitrogens with one attached hydrogen (secondary N) is 2. The number of anilines is 1. The lowest BCUT2D eigenvalue weighted by atomic mass is 10.1. The first-order chi connectivity index (χ1) is 9.13. The van der Waals surface area contributed by atoms with E-state index in [2.05, 4.69) is 10.6 Å². The zero-order valence-electron chi connectivity index (χ0n) is 11.6. The fraction of sp³-hybridized carbons (Fsp3) is 0.500. The van der Waals surface area contributed by atoms with Gasteiger partial charge in [0.1, 0.15) is 0 Å². The molecule has 0 heterocycles. The first kappa shape index (κ1) is 15.5. The van der Waals surface area contributed by atoms with Crippen LogP contribution in [-0.2, 0) is 4.74 Å². The Morgan fingerprint density at radius 1 is 1.32 bits per heavy atom. The monoisotopic (exact) mass is 265 g/mol. The maximum absolute atomic E-state index is 11.6. The van der Waals surface area contributed by atoms with E-state index in [9.17, 15) is 4.79 Å². The summed E-state index contributed by atoms with van der Waals surface area (Å²) in [5.41, 5.74) is 7.57. The maximum Gasteiger partial charge on any atom is 0.319 e. The van der Waals surface area contributed by atoms with Crippen molar-refractivity contribution in [3.63, 3.8) is 0 Å². The fourth-order valence-electron chi connectivity index (χ4n) is 1.62. The molecule has 0 radical (unpaired) electrons. The van der Waals surface area contributed by atoms with Crippen molar-refractivity contribution in [3.05, 3.63) is 29.8 Å². The minimum atomic E-state index is -0.189. The normalized spacial score (nSPS) is 11.9. The van der Waals surface area contributed by atoms with Gasteiger partial charge in [-0.2, -0.15) is 0 Å². The van der Waals surface area contributed by atoms with Crippen LogP contribution in [0.3, 0.4) is 0 Å². The molecule has 19 heavy (non-hydrogen) atoms. The number of carbonyl (C=O) groups is 1. The van der Waals surface area contributed by atoms with E-state index in [4.69, 9.17) is 10.5 Å². The van der Waals surface area contributed by atoms with E-state index >= 15 is 0 Å². The van der Waals surface area contributed by atoms with Crippen LogP contribution in [0, 0.1) is 0 Å². The molecular formula is C14H23N3O2. The third-order valence-electron chi connectivity index (χ3n) is 2.76. The van der Waals surface area contributed by atoms with E-state index in [-0.39, 0.29) is 12.1 Å². The Balaban J connectivity index is 2.28. The molecule has 1 aromatic rings. The lowest BCUT2D eigenvalue weighted by Gasteiger charge is -2.09. The van der Waals surface area contributed by atoms with E-state index in [1.54, 1.807) is 7.11 Å². The molecule has 0 saturated carbocycles. The number of rotatable bonds is 7. The number of carbonyl (C=O) groups excluding carboxylic acids is 1. The second kappa shape index (κ2) is 8.50. The lowest BCUT2D eigenvalue weighted by Crippen LogP contribution is -2.29. The minimum absolute atomic E-state index is 0.00339. The quantitative estimate of drug-likeness (QED) is 0.662. The number of benzene rings is 1. The van der Waals surface area contributed by atoms with Gasteiger partial charge in [-0.15, -0.1) is 0 Å². The third-order valence-corrected chi connectivity index (χ3v) is 2.76. The zero-order valence-corrected chi connectivity index (χ0v) is 11.6. The third kappa shape index (κ3) is 6.22. The van der Waals surface area contributed by atoms with Gasteiger partial charge in [0, 0.05) is 32.0 Å². The number of hydrogen-bond acceptors (Lipinski definition) is 3. The highest BCUT2D eigenvalue weighted by Crippen LogP contribution is 2.13. The lowest BCUT2D eigenvalue weighted by molar-refractivity contribution is 0.192. The fourth-order valence-corrected chi connectivity index (χ4v) is 1.62. The zero-order chi connectivity index (χ0) is 14.1. The molecule has 1 atom stereocenters. The molecule has 106 valence electrons. The number of ether oxygens (including phenoxy) is 1. The van der Waals surface area contributed by atoms with Crippen molar-refractivity contribution in [1.29, 1.82) is 0 Å². The molecule has 4 N–H and O–H groups in total. The summed E-state index contributed by atoms with van der Waals surface area (Å²) in [4.78, 5) is 11.6. The Bertz CT molecular complexity index is 377. The highest BCUT2D eigenvalue weighted by atomic mass is 16.5. The molecule has 5 heteroatoms. The number of hydrogen-bond donors (Lipinski definition) is 3. The van der Waals surface area contributed by atoms with Crippen LogP contribution in [0.25, 0.3) is 0 Å². The van der Waals surface area contributed by atoms with Gasteiger partial charge in [-0.3, -0.25) is 0 Å². The molecule has 0 aliphatic heterocycles. The summed E-state index contributed by atoms with van der Waals surface area (Å²) in [6.45, 7) is 3.30. The van der Waals surface area contributed by atoms with E-state index < -0.39 is 0 Å². The Morgan fingerprint density at radius 2 is 2.00 bits per heavy atom. The SMILES string of the molecule is COCCCCNC(=O)Nc1ccc(C(C)N)cc1. The van der Waals surface area contributed by atoms with Crippen LogP contribution in [-0.4, -0.2) is 26.3 Å². The summed E-state index contributed by atoms with van der Waals surface area (Å²) in [5.74, 6) is 0. The maximum atomic E-state index is 11.6. The largest absolute Gasteiger partial charge is 0.385 e. The van der Waals surface area contributed by atoms with Gasteiger partial charge in [0.15, 0.2) is 0 Å². The van der Waals surface area contributed by atoms with Crippen molar-refractivity contribution in [2.75, 3.05) is 25.6 Å². The molecule has 1 unspecified atom stereocenters. The average Bonchev–Trinajstić information content (AvgIpc) is 2.39. The van der Waals surface area contributed by atoms with Gasteiger partial charge in [0.2, 0.25) is 0 Å². The molecule has 1 rings (SSSR count). The summed E-state index contributed by atoms with van der Waals surface area (Å²) in [6, 6.07) is 7.35. The second-order valence-electron chi connectivity index (χ2n) is 4.49. The Labute approximate surface area is 114 Å². The van der Waals surface area contributed by atoms with E-state index in [1.165, 1.54) is 0 Å². The first-order valence-corrected chi connectivity index (χ1v) is 6.53. The van der Waals surface area contributed by atoms with Crippen molar-refractivity contribution in [3.8, 4) is 0 Å². The Morgan fingerprint density at radius 3 is 2.58 bits per heavy atom. The Hall–Kier alpha value is -1.59. The van der Waals surface area contributed by atoms with E-state index in [1.807, 2.05) is 31.2 Å². The molecule has 2 amide bonds. The van der Waals surface area contributed by atoms with Gasteiger partial charge in [-0.1, -0.05) is 12.1 Å². The summed E-state index contributed by atoms with van der Waals surface area (Å²) in [6.07, 6.45) is 1.85. The first-order valence-electron chi connectivity index (χ1n) is 6.53. The molecule has 0 aromatic heterocycles. The van der Waals surface area contributed by atoms with Crippen LogP contribution in [0.4, 0.5) is 10.5 Å². The van der Waals surface area contributed by atoms with Crippen LogP contribution in [0.1, 0.15) is 31.4 Å². The van der Waals surface area contributed by atoms with Crippen molar-refractivity contribution in [2.45, 2.75) is 25.8 Å². The predicted octanol–water partition coefficient (Wildman–Crippen LogP) is 2.25. The summed E-state index contributed by atoms with van der Waals surface area (Å²) in [7, 11) is 1.67. The number of methoxy groups -OCH3 is 1. The number of nitrogens with two attached hydrogens (primary N) is 1. The predicted molar refractivity (Wildman–Crippen MR) is 77.2 cm³/mol. The van der Waals surface area contributed by atoms with Gasteiger partial charge in [0.25, 0.3) is 0 Å². The van der Waals surface area contributed by atoms with Gasteiger partial charge in [-0.25, -0.2) is 4.79 Å². The molecule has 1 aromatic carbocycles. The van der Waals surface area contributed by atoms with Gasteiger partial charge in [0.05, 0.1) is 0 Å². The van der Waals surface area contributed by atoms with Crippen LogP contribution in [0.15, 0.2) is 24.3 Å².